The number of thiophene rings is 1. The number of halogens is 3. The average Bonchev–Trinajstić information content (AvgIpc) is 3.27. The summed E-state index contributed by atoms with van der Waals surface area (Å²) in [5, 5.41) is 8.70. The summed E-state index contributed by atoms with van der Waals surface area (Å²) in [5.41, 5.74) is -0.932. The lowest BCUT2D eigenvalue weighted by atomic mass is 10.5. The molecule has 2 aromatic rings. The molecule has 2 aromatic heterocycles. The third kappa shape index (κ3) is 6.75. The first-order chi connectivity index (χ1) is 12.7. The summed E-state index contributed by atoms with van der Waals surface area (Å²) in [7, 11) is -3.54. The molecule has 27 heavy (non-hydrogen) atoms. The first kappa shape index (κ1) is 21.6. The summed E-state index contributed by atoms with van der Waals surface area (Å²) in [6, 6.07) is 3.16. The van der Waals surface area contributed by atoms with Gasteiger partial charge in [0.15, 0.2) is 11.7 Å². The van der Waals surface area contributed by atoms with Crippen molar-refractivity contribution in [2.45, 2.75) is 23.9 Å². The van der Waals surface area contributed by atoms with E-state index in [1.165, 1.54) is 6.07 Å². The molecule has 7 nitrogen and oxygen atoms in total. The Labute approximate surface area is 162 Å². The average molecular weight is 442 g/mol. The van der Waals surface area contributed by atoms with Crippen LogP contribution in [-0.4, -0.2) is 39.0 Å². The van der Waals surface area contributed by atoms with Gasteiger partial charge in [0.2, 0.25) is 10.0 Å². The second-order valence-electron chi connectivity index (χ2n) is 5.08. The molecule has 0 unspecified atom stereocenters. The minimum Gasteiger partial charge on any atom is -0.357 e. The van der Waals surface area contributed by atoms with Crippen molar-refractivity contribution in [3.05, 3.63) is 33.6 Å². The standard InChI is InChI=1S/C14H18F3N5O2S3/c1-2-18-13(20-8-11-22-10(9-26-11)14(15,16)17)19-5-6-21-27(23,24)12-4-3-7-25-12/h3-4,7,9,21H,2,5-6,8H2,1H3,(H2,18,19,20). The van der Waals surface area contributed by atoms with Crippen LogP contribution in [0.3, 0.4) is 0 Å². The van der Waals surface area contributed by atoms with Crippen molar-refractivity contribution in [2.75, 3.05) is 19.6 Å². The van der Waals surface area contributed by atoms with Gasteiger partial charge >= 0.3 is 6.18 Å². The van der Waals surface area contributed by atoms with E-state index >= 15 is 0 Å². The van der Waals surface area contributed by atoms with Crippen LogP contribution in [0.5, 0.6) is 0 Å². The summed E-state index contributed by atoms with van der Waals surface area (Å²) in [6.07, 6.45) is -4.47. The summed E-state index contributed by atoms with van der Waals surface area (Å²) in [4.78, 5) is 7.67. The van der Waals surface area contributed by atoms with Crippen molar-refractivity contribution < 1.29 is 21.6 Å². The van der Waals surface area contributed by atoms with Crippen LogP contribution >= 0.6 is 22.7 Å². The summed E-state index contributed by atoms with van der Waals surface area (Å²) in [5.74, 6) is 0.358. The number of rotatable bonds is 8. The second-order valence-corrected chi connectivity index (χ2v) is 8.96. The molecule has 150 valence electrons. The molecule has 0 aliphatic carbocycles. The zero-order chi connectivity index (χ0) is 19.9. The first-order valence-electron chi connectivity index (χ1n) is 7.79. The van der Waals surface area contributed by atoms with Crippen LogP contribution in [0.2, 0.25) is 0 Å². The monoisotopic (exact) mass is 441 g/mol. The Hall–Kier alpha value is -1.70. The highest BCUT2D eigenvalue weighted by atomic mass is 32.2. The predicted molar refractivity (Wildman–Crippen MR) is 99.4 cm³/mol. The number of thiazole rings is 1. The highest BCUT2D eigenvalue weighted by molar-refractivity contribution is 7.91. The second kappa shape index (κ2) is 9.48. The molecule has 0 saturated heterocycles. The first-order valence-corrected chi connectivity index (χ1v) is 11.0. The van der Waals surface area contributed by atoms with Crippen molar-refractivity contribution in [1.29, 1.82) is 0 Å². The summed E-state index contributed by atoms with van der Waals surface area (Å²) < 4.78 is 64.3. The fourth-order valence-electron chi connectivity index (χ4n) is 1.86. The number of hydrogen-bond donors (Lipinski definition) is 3. The van der Waals surface area contributed by atoms with Gasteiger partial charge < -0.3 is 10.6 Å². The molecule has 0 radical (unpaired) electrons. The van der Waals surface area contributed by atoms with Crippen LogP contribution in [-0.2, 0) is 22.7 Å². The predicted octanol–water partition coefficient (Wildman–Crippen LogP) is 2.26. The van der Waals surface area contributed by atoms with Crippen molar-refractivity contribution in [3.63, 3.8) is 0 Å². The highest BCUT2D eigenvalue weighted by Crippen LogP contribution is 2.30. The van der Waals surface area contributed by atoms with E-state index in [0.717, 1.165) is 28.1 Å². The number of guanidine groups is 1. The van der Waals surface area contributed by atoms with Gasteiger partial charge in [-0.3, -0.25) is 0 Å². The maximum absolute atomic E-state index is 12.6. The van der Waals surface area contributed by atoms with E-state index in [1.54, 1.807) is 11.4 Å². The third-order valence-electron chi connectivity index (χ3n) is 3.03. The van der Waals surface area contributed by atoms with E-state index in [9.17, 15) is 21.6 Å². The number of nitrogens with zero attached hydrogens (tertiary/aromatic N) is 2. The maximum atomic E-state index is 12.6. The van der Waals surface area contributed by atoms with Gasteiger partial charge in [0, 0.05) is 25.0 Å². The summed E-state index contributed by atoms with van der Waals surface area (Å²) >= 11 is 2.00. The van der Waals surface area contributed by atoms with Crippen LogP contribution in [0.25, 0.3) is 0 Å². The van der Waals surface area contributed by atoms with E-state index in [4.69, 9.17) is 0 Å². The Kier molecular flexibility index (Phi) is 7.59. The molecule has 0 aliphatic heterocycles. The molecule has 0 fully saturated rings. The molecule has 0 spiro atoms. The molecule has 0 amide bonds. The van der Waals surface area contributed by atoms with Crippen LogP contribution in [0.4, 0.5) is 13.2 Å². The van der Waals surface area contributed by atoms with Gasteiger partial charge in [-0.1, -0.05) is 6.07 Å². The van der Waals surface area contributed by atoms with Gasteiger partial charge in [-0.05, 0) is 18.4 Å². The van der Waals surface area contributed by atoms with E-state index in [-0.39, 0.29) is 28.9 Å². The van der Waals surface area contributed by atoms with Crippen LogP contribution in [0, 0.1) is 0 Å². The molecule has 13 heteroatoms. The van der Waals surface area contributed by atoms with E-state index in [2.05, 4.69) is 25.3 Å². The smallest absolute Gasteiger partial charge is 0.357 e. The molecule has 0 bridgehead atoms. The van der Waals surface area contributed by atoms with Crippen molar-refractivity contribution in [3.8, 4) is 0 Å². The van der Waals surface area contributed by atoms with E-state index in [1.807, 2.05) is 6.92 Å². The molecule has 0 aromatic carbocycles. The minimum atomic E-state index is -4.47. The largest absolute Gasteiger partial charge is 0.434 e. The van der Waals surface area contributed by atoms with Gasteiger partial charge in [0.05, 0.1) is 6.54 Å². The lowest BCUT2D eigenvalue weighted by Crippen LogP contribution is -2.41. The normalized spacial score (nSPS) is 13.0. The SMILES string of the molecule is CCNC(=NCc1nc(C(F)(F)F)cs1)NCCNS(=O)(=O)c1cccs1. The fraction of sp³-hybridized carbons (Fsp3) is 0.429. The summed E-state index contributed by atoms with van der Waals surface area (Å²) in [6.45, 7) is 2.74. The molecule has 2 heterocycles. The zero-order valence-corrected chi connectivity index (χ0v) is 16.7. The molecule has 0 atom stereocenters. The molecule has 0 saturated carbocycles. The lowest BCUT2D eigenvalue weighted by molar-refractivity contribution is -0.140. The number of aromatic nitrogens is 1. The van der Waals surface area contributed by atoms with Gasteiger partial charge in [0.25, 0.3) is 0 Å². The topological polar surface area (TPSA) is 95.5 Å². The molecule has 2 rings (SSSR count). The zero-order valence-electron chi connectivity index (χ0n) is 14.2. The molecular formula is C14H18F3N5O2S3. The third-order valence-corrected chi connectivity index (χ3v) is 6.72. The quantitative estimate of drug-likeness (QED) is 0.332. The number of alkyl halides is 3. The van der Waals surface area contributed by atoms with Gasteiger partial charge in [0.1, 0.15) is 9.22 Å². The van der Waals surface area contributed by atoms with Crippen LogP contribution in [0.15, 0.2) is 32.1 Å². The van der Waals surface area contributed by atoms with Gasteiger partial charge in [-0.2, -0.15) is 13.2 Å². The number of nitrogens with one attached hydrogen (secondary N) is 3. The molecule has 0 aliphatic rings. The molecular weight excluding hydrogens is 423 g/mol. The number of aliphatic imine (C=N–C) groups is 1. The number of sulfonamides is 1. The van der Waals surface area contributed by atoms with Gasteiger partial charge in [-0.15, -0.1) is 22.7 Å². The lowest BCUT2D eigenvalue weighted by Gasteiger charge is -2.11. The highest BCUT2D eigenvalue weighted by Gasteiger charge is 2.33. The molecule has 3 N–H and O–H groups in total. The van der Waals surface area contributed by atoms with Crippen LogP contribution < -0.4 is 15.4 Å². The van der Waals surface area contributed by atoms with Crippen molar-refractivity contribution in [2.24, 2.45) is 4.99 Å². The van der Waals surface area contributed by atoms with E-state index in [0.29, 0.717) is 12.5 Å². The van der Waals surface area contributed by atoms with Crippen molar-refractivity contribution >= 4 is 38.7 Å². The van der Waals surface area contributed by atoms with Gasteiger partial charge in [-0.25, -0.2) is 23.1 Å². The van der Waals surface area contributed by atoms with Crippen molar-refractivity contribution in [1.82, 2.24) is 20.3 Å². The Morgan fingerprint density at radius 2 is 2.04 bits per heavy atom. The van der Waals surface area contributed by atoms with E-state index < -0.39 is 21.9 Å². The fourth-order valence-corrected chi connectivity index (χ4v) is 4.65. The Morgan fingerprint density at radius 3 is 2.63 bits per heavy atom. The maximum Gasteiger partial charge on any atom is 0.434 e. The Bertz CT molecular complexity index is 848. The Morgan fingerprint density at radius 1 is 1.26 bits per heavy atom. The van der Waals surface area contributed by atoms with Crippen LogP contribution in [0.1, 0.15) is 17.6 Å². The Balaban J connectivity index is 1.86. The number of hydrogen-bond acceptors (Lipinski definition) is 6. The minimum absolute atomic E-state index is 0.0169.